The average molecular weight is 590 g/mol. The van der Waals surface area contributed by atoms with Crippen molar-refractivity contribution < 1.29 is 32.3 Å². The van der Waals surface area contributed by atoms with Gasteiger partial charge in [0.05, 0.1) is 17.0 Å². The van der Waals surface area contributed by atoms with Gasteiger partial charge in [0.15, 0.2) is 0 Å². The summed E-state index contributed by atoms with van der Waals surface area (Å²) in [6.45, 7) is 0.980. The Morgan fingerprint density at radius 1 is 1.00 bits per heavy atom. The van der Waals surface area contributed by atoms with Gasteiger partial charge in [0.1, 0.15) is 30.7 Å². The van der Waals surface area contributed by atoms with E-state index in [1.54, 1.807) is 23.1 Å². The summed E-state index contributed by atoms with van der Waals surface area (Å²) in [7, 11) is -4.05. The maximum atomic E-state index is 13.2. The molecule has 1 amide bonds. The fraction of sp³-hybridized carbons (Fsp3) is 0.258. The van der Waals surface area contributed by atoms with E-state index < -0.39 is 22.0 Å². The monoisotopic (exact) mass is 589 g/mol. The van der Waals surface area contributed by atoms with Crippen LogP contribution in [0.25, 0.3) is 0 Å². The van der Waals surface area contributed by atoms with Crippen molar-refractivity contribution >= 4 is 21.9 Å². The second-order valence-corrected chi connectivity index (χ2v) is 11.8. The normalized spacial score (nSPS) is 15.8. The molecule has 5 rings (SSSR count). The molecule has 1 fully saturated rings. The number of oxazole rings is 1. The lowest BCUT2D eigenvalue weighted by atomic mass is 10.1. The van der Waals surface area contributed by atoms with Crippen LogP contribution in [0.2, 0.25) is 0 Å². The van der Waals surface area contributed by atoms with Crippen molar-refractivity contribution in [3.63, 3.8) is 0 Å². The maximum absolute atomic E-state index is 13.2. The quantitative estimate of drug-likeness (QED) is 0.252. The molecule has 1 aliphatic rings. The van der Waals surface area contributed by atoms with Gasteiger partial charge in [0, 0.05) is 13.0 Å². The number of hydrogen-bond acceptors (Lipinski definition) is 7. The molecule has 10 nitrogen and oxygen atoms in total. The molecule has 3 aromatic carbocycles. The zero-order chi connectivity index (χ0) is 29.5. The van der Waals surface area contributed by atoms with E-state index in [0.717, 1.165) is 23.3 Å². The van der Waals surface area contributed by atoms with Crippen LogP contribution in [0.15, 0.2) is 101 Å². The predicted octanol–water partition coefficient (Wildman–Crippen LogP) is 4.13. The molecule has 1 aromatic heterocycles. The Balaban J connectivity index is 1.19. The van der Waals surface area contributed by atoms with E-state index in [2.05, 4.69) is 9.71 Å². The third-order valence-corrected chi connectivity index (χ3v) is 8.50. The second-order valence-electron chi connectivity index (χ2n) is 10.0. The van der Waals surface area contributed by atoms with Crippen LogP contribution >= 0.6 is 0 Å². The first-order valence-electron chi connectivity index (χ1n) is 13.6. The van der Waals surface area contributed by atoms with E-state index in [1.165, 1.54) is 18.4 Å². The van der Waals surface area contributed by atoms with E-state index in [0.29, 0.717) is 25.5 Å². The van der Waals surface area contributed by atoms with Crippen molar-refractivity contribution in [1.82, 2.24) is 14.6 Å². The molecule has 4 aromatic rings. The molecular formula is C31H31N3O7S. The lowest BCUT2D eigenvalue weighted by Gasteiger charge is -2.22. The van der Waals surface area contributed by atoms with E-state index >= 15 is 0 Å². The Morgan fingerprint density at radius 3 is 2.36 bits per heavy atom. The summed E-state index contributed by atoms with van der Waals surface area (Å²) >= 11 is 0. The standard InChI is InChI=1S/C31H31N3O7S/c35-29(18-22-13-15-23(16-14-22)20-40-25-8-3-1-4-9-25)34-17-7-12-28(34)30-32-24(21-41-30)19-27(31(36)37)33-42(38,39)26-10-5-2-6-11-26/h1-6,8-11,13-16,21,27-28,33H,7,12,17-20H2,(H,36,37). The highest BCUT2D eigenvalue weighted by atomic mass is 32.2. The number of aliphatic carboxylic acids is 1. The minimum Gasteiger partial charge on any atom is -0.489 e. The molecule has 42 heavy (non-hydrogen) atoms. The van der Waals surface area contributed by atoms with Crippen LogP contribution in [-0.2, 0) is 39.1 Å². The number of carboxylic acids is 1. The van der Waals surface area contributed by atoms with Crippen molar-refractivity contribution in [2.24, 2.45) is 0 Å². The van der Waals surface area contributed by atoms with E-state index in [-0.39, 0.29) is 35.4 Å². The van der Waals surface area contributed by atoms with Gasteiger partial charge in [-0.3, -0.25) is 9.59 Å². The van der Waals surface area contributed by atoms with Gasteiger partial charge in [-0.1, -0.05) is 60.7 Å². The first-order valence-corrected chi connectivity index (χ1v) is 15.1. The number of nitrogens with zero attached hydrogens (tertiary/aromatic N) is 2. The van der Waals surface area contributed by atoms with Crippen molar-refractivity contribution in [2.45, 2.75) is 49.3 Å². The molecule has 2 unspecified atom stereocenters. The first kappa shape index (κ1) is 29.0. The maximum Gasteiger partial charge on any atom is 0.322 e. The largest absolute Gasteiger partial charge is 0.489 e. The summed E-state index contributed by atoms with van der Waals surface area (Å²) in [5.74, 6) is -0.309. The average Bonchev–Trinajstić information content (AvgIpc) is 3.67. The number of sulfonamides is 1. The molecule has 2 heterocycles. The number of ether oxygens (including phenoxy) is 1. The Bertz CT molecular complexity index is 1610. The summed E-state index contributed by atoms with van der Waals surface area (Å²) in [4.78, 5) is 31.2. The molecule has 1 aliphatic heterocycles. The Kier molecular flexibility index (Phi) is 8.99. The van der Waals surface area contributed by atoms with Crippen LogP contribution in [0, 0.1) is 0 Å². The van der Waals surface area contributed by atoms with Crippen LogP contribution in [-0.4, -0.2) is 47.9 Å². The third kappa shape index (κ3) is 7.23. The van der Waals surface area contributed by atoms with Crippen molar-refractivity contribution in [3.8, 4) is 5.75 Å². The van der Waals surface area contributed by atoms with E-state index in [1.807, 2.05) is 54.6 Å². The van der Waals surface area contributed by atoms with Gasteiger partial charge in [-0.25, -0.2) is 13.4 Å². The van der Waals surface area contributed by atoms with Gasteiger partial charge in [-0.15, -0.1) is 0 Å². The molecular weight excluding hydrogens is 558 g/mol. The number of carbonyl (C=O) groups is 2. The number of rotatable bonds is 12. The number of nitrogens with one attached hydrogen (secondary N) is 1. The number of carbonyl (C=O) groups excluding carboxylic acids is 1. The predicted molar refractivity (Wildman–Crippen MR) is 153 cm³/mol. The molecule has 0 spiro atoms. The zero-order valence-corrected chi connectivity index (χ0v) is 23.6. The molecule has 0 bridgehead atoms. The summed E-state index contributed by atoms with van der Waals surface area (Å²) < 4.78 is 39.0. The number of para-hydroxylation sites is 1. The number of hydrogen-bond donors (Lipinski definition) is 2. The van der Waals surface area contributed by atoms with E-state index in [4.69, 9.17) is 9.15 Å². The van der Waals surface area contributed by atoms with Gasteiger partial charge < -0.3 is 19.2 Å². The fourth-order valence-electron chi connectivity index (χ4n) is 4.85. The molecule has 0 aliphatic carbocycles. The summed E-state index contributed by atoms with van der Waals surface area (Å²) in [6, 6.07) is 23.0. The Morgan fingerprint density at radius 2 is 1.67 bits per heavy atom. The smallest absolute Gasteiger partial charge is 0.322 e. The lowest BCUT2D eigenvalue weighted by molar-refractivity contribution is -0.139. The molecule has 0 saturated carbocycles. The molecule has 2 N–H and O–H groups in total. The molecule has 11 heteroatoms. The number of aromatic nitrogens is 1. The van der Waals surface area contributed by atoms with Gasteiger partial charge in [-0.2, -0.15) is 4.72 Å². The van der Waals surface area contributed by atoms with Crippen LogP contribution in [0.4, 0.5) is 0 Å². The van der Waals surface area contributed by atoms with Crippen LogP contribution in [0.3, 0.4) is 0 Å². The third-order valence-electron chi connectivity index (χ3n) is 7.02. The highest BCUT2D eigenvalue weighted by Gasteiger charge is 2.34. The minimum atomic E-state index is -4.05. The van der Waals surface area contributed by atoms with Crippen molar-refractivity contribution in [1.29, 1.82) is 0 Å². The second kappa shape index (κ2) is 13.0. The Labute approximate surface area is 244 Å². The van der Waals surface area contributed by atoms with Crippen LogP contribution in [0.1, 0.15) is 41.6 Å². The van der Waals surface area contributed by atoms with Crippen LogP contribution in [0.5, 0.6) is 5.75 Å². The summed E-state index contributed by atoms with van der Waals surface area (Å²) in [6.07, 6.45) is 2.75. The number of benzene rings is 3. The molecule has 1 saturated heterocycles. The zero-order valence-electron chi connectivity index (χ0n) is 22.8. The SMILES string of the molecule is O=C(O)C(Cc1coc(C2CCCN2C(=O)Cc2ccc(COc3ccccc3)cc2)n1)NS(=O)(=O)c1ccccc1. The lowest BCUT2D eigenvalue weighted by Crippen LogP contribution is -2.42. The minimum absolute atomic E-state index is 0.0349. The fourth-order valence-corrected chi connectivity index (χ4v) is 6.06. The van der Waals surface area contributed by atoms with Crippen LogP contribution < -0.4 is 9.46 Å². The summed E-state index contributed by atoms with van der Waals surface area (Å²) in [5.41, 5.74) is 2.14. The van der Waals surface area contributed by atoms with Gasteiger partial charge in [0.25, 0.3) is 0 Å². The van der Waals surface area contributed by atoms with E-state index in [9.17, 15) is 23.1 Å². The highest BCUT2D eigenvalue weighted by molar-refractivity contribution is 7.89. The number of amides is 1. The van der Waals surface area contributed by atoms with Gasteiger partial charge in [-0.05, 0) is 48.2 Å². The number of likely N-dealkylation sites (tertiary alicyclic amines) is 1. The topological polar surface area (TPSA) is 139 Å². The molecule has 218 valence electrons. The molecule has 2 atom stereocenters. The highest BCUT2D eigenvalue weighted by Crippen LogP contribution is 2.32. The Hall–Kier alpha value is -4.48. The first-order chi connectivity index (χ1) is 20.3. The summed E-state index contributed by atoms with van der Waals surface area (Å²) in [5, 5.41) is 9.67. The number of carboxylic acid groups (broad SMARTS) is 1. The van der Waals surface area contributed by atoms with Crippen molar-refractivity contribution in [3.05, 3.63) is 114 Å². The molecule has 0 radical (unpaired) electrons. The van der Waals surface area contributed by atoms with Crippen molar-refractivity contribution in [2.75, 3.05) is 6.54 Å². The van der Waals surface area contributed by atoms with Gasteiger partial charge in [0.2, 0.25) is 21.8 Å². The van der Waals surface area contributed by atoms with Gasteiger partial charge >= 0.3 is 5.97 Å².